The summed E-state index contributed by atoms with van der Waals surface area (Å²) in [4.78, 5) is 25.6. The number of nitrogens with zero attached hydrogens (tertiary/aromatic N) is 3. The molecule has 2 aromatic rings. The molecule has 1 heterocycles. The smallest absolute Gasteiger partial charge is 0.289 e. The number of rotatable bonds is 7. The Morgan fingerprint density at radius 3 is 2.31 bits per heavy atom. The molecule has 2 rings (SSSR count). The third kappa shape index (κ3) is 4.23. The molecule has 1 amide bonds. The number of ether oxygens (including phenoxy) is 3. The molecule has 10 heteroatoms. The second kappa shape index (κ2) is 8.42. The fraction of sp³-hybridized carbons (Fsp3) is 0.188. The molecule has 0 bridgehead atoms. The molecule has 0 aliphatic carbocycles. The highest BCUT2D eigenvalue weighted by molar-refractivity contribution is 5.93. The molecule has 0 saturated heterocycles. The summed E-state index contributed by atoms with van der Waals surface area (Å²) in [5.41, 5.74) is 2.67. The summed E-state index contributed by atoms with van der Waals surface area (Å²) in [5.74, 6) is 0.711. The molecule has 26 heavy (non-hydrogen) atoms. The molecule has 0 saturated carbocycles. The van der Waals surface area contributed by atoms with E-state index in [0.29, 0.717) is 22.8 Å². The third-order valence-electron chi connectivity index (χ3n) is 3.26. The molecule has 10 nitrogen and oxygen atoms in total. The number of hydrogen-bond donors (Lipinski definition) is 1. The van der Waals surface area contributed by atoms with Crippen molar-refractivity contribution in [2.24, 2.45) is 5.10 Å². The van der Waals surface area contributed by atoms with Crippen LogP contribution in [0.5, 0.6) is 17.2 Å². The Bertz CT molecular complexity index is 810. The molecule has 136 valence electrons. The lowest BCUT2D eigenvalue weighted by Gasteiger charge is -2.12. The van der Waals surface area contributed by atoms with E-state index >= 15 is 0 Å². The predicted octanol–water partition coefficient (Wildman–Crippen LogP) is 1.78. The Morgan fingerprint density at radius 2 is 1.85 bits per heavy atom. The summed E-state index contributed by atoms with van der Waals surface area (Å²) in [6.07, 6.45) is 2.38. The summed E-state index contributed by atoms with van der Waals surface area (Å²) in [6.45, 7) is 0. The first-order valence-electron chi connectivity index (χ1n) is 7.24. The van der Waals surface area contributed by atoms with Gasteiger partial charge in [-0.05, 0) is 18.2 Å². The van der Waals surface area contributed by atoms with Gasteiger partial charge in [-0.2, -0.15) is 5.10 Å². The minimum absolute atomic E-state index is 0.00218. The number of nitro groups is 1. The molecule has 0 spiro atoms. The van der Waals surface area contributed by atoms with Gasteiger partial charge in [0.05, 0.1) is 32.5 Å². The lowest BCUT2D eigenvalue weighted by molar-refractivity contribution is -0.385. The van der Waals surface area contributed by atoms with Gasteiger partial charge in [0.1, 0.15) is 11.9 Å². The molecule has 0 aliphatic rings. The molecular weight excluding hydrogens is 344 g/mol. The van der Waals surface area contributed by atoms with Crippen LogP contribution in [0.4, 0.5) is 5.69 Å². The maximum Gasteiger partial charge on any atom is 0.289 e. The van der Waals surface area contributed by atoms with Gasteiger partial charge in [0.15, 0.2) is 11.5 Å². The number of methoxy groups -OCH3 is 3. The largest absolute Gasteiger partial charge is 0.493 e. The summed E-state index contributed by atoms with van der Waals surface area (Å²) >= 11 is 0. The van der Waals surface area contributed by atoms with E-state index in [9.17, 15) is 14.9 Å². The van der Waals surface area contributed by atoms with E-state index in [-0.39, 0.29) is 11.4 Å². The van der Waals surface area contributed by atoms with Gasteiger partial charge in [-0.25, -0.2) is 10.4 Å². The van der Waals surface area contributed by atoms with Gasteiger partial charge < -0.3 is 14.2 Å². The SMILES string of the molecule is COc1cc(C=NNC(=O)c2ccc([N+](=O)[O-])cn2)cc(OC)c1OC. The van der Waals surface area contributed by atoms with Crippen molar-refractivity contribution in [3.05, 3.63) is 51.8 Å². The number of pyridine rings is 1. The van der Waals surface area contributed by atoms with Crippen molar-refractivity contribution in [2.45, 2.75) is 0 Å². The highest BCUT2D eigenvalue weighted by Crippen LogP contribution is 2.37. The van der Waals surface area contributed by atoms with Gasteiger partial charge in [0, 0.05) is 11.6 Å². The lowest BCUT2D eigenvalue weighted by atomic mass is 10.2. The average molecular weight is 360 g/mol. The summed E-state index contributed by atoms with van der Waals surface area (Å²) in [7, 11) is 4.46. The van der Waals surface area contributed by atoms with Crippen LogP contribution < -0.4 is 19.6 Å². The quantitative estimate of drug-likeness (QED) is 0.453. The highest BCUT2D eigenvalue weighted by Gasteiger charge is 2.13. The van der Waals surface area contributed by atoms with E-state index in [1.807, 2.05) is 0 Å². The number of hydrogen-bond acceptors (Lipinski definition) is 8. The van der Waals surface area contributed by atoms with Gasteiger partial charge in [-0.15, -0.1) is 0 Å². The van der Waals surface area contributed by atoms with Crippen LogP contribution >= 0.6 is 0 Å². The normalized spacial score (nSPS) is 10.4. The van der Waals surface area contributed by atoms with Gasteiger partial charge >= 0.3 is 0 Å². The Labute approximate surface area is 148 Å². The van der Waals surface area contributed by atoms with E-state index < -0.39 is 10.8 Å². The highest BCUT2D eigenvalue weighted by atomic mass is 16.6. The van der Waals surface area contributed by atoms with Crippen molar-refractivity contribution in [1.29, 1.82) is 0 Å². The number of aromatic nitrogens is 1. The molecule has 0 radical (unpaired) electrons. The number of amides is 1. The molecule has 0 unspecified atom stereocenters. The second-order valence-electron chi connectivity index (χ2n) is 4.82. The van der Waals surface area contributed by atoms with Gasteiger partial charge in [0.25, 0.3) is 11.6 Å². The Morgan fingerprint density at radius 1 is 1.19 bits per heavy atom. The van der Waals surface area contributed by atoms with Crippen molar-refractivity contribution in [2.75, 3.05) is 21.3 Å². The van der Waals surface area contributed by atoms with Crippen LogP contribution in [-0.4, -0.2) is 43.4 Å². The van der Waals surface area contributed by atoms with Crippen molar-refractivity contribution < 1.29 is 23.9 Å². The number of carbonyl (C=O) groups is 1. The molecule has 1 aromatic heterocycles. The van der Waals surface area contributed by atoms with E-state index in [1.54, 1.807) is 12.1 Å². The van der Waals surface area contributed by atoms with Gasteiger partial charge in [-0.3, -0.25) is 14.9 Å². The Hall–Kier alpha value is -3.69. The zero-order chi connectivity index (χ0) is 19.1. The van der Waals surface area contributed by atoms with E-state index in [0.717, 1.165) is 6.20 Å². The maximum atomic E-state index is 11.9. The summed E-state index contributed by atoms with van der Waals surface area (Å²) in [5, 5.41) is 14.4. The number of carbonyl (C=O) groups excluding carboxylic acids is 1. The third-order valence-corrected chi connectivity index (χ3v) is 3.26. The fourth-order valence-electron chi connectivity index (χ4n) is 2.03. The standard InChI is InChI=1S/C16H16N4O6/c1-24-13-6-10(7-14(25-2)15(13)26-3)8-18-19-16(21)12-5-4-11(9-17-12)20(22)23/h4-9H,1-3H3,(H,19,21). The maximum absolute atomic E-state index is 11.9. The van der Waals surface area contributed by atoms with Crippen LogP contribution in [-0.2, 0) is 0 Å². The van der Waals surface area contributed by atoms with Crippen LogP contribution in [0.15, 0.2) is 35.6 Å². The zero-order valence-corrected chi connectivity index (χ0v) is 14.3. The van der Waals surface area contributed by atoms with Crippen LogP contribution in [0.25, 0.3) is 0 Å². The monoisotopic (exact) mass is 360 g/mol. The zero-order valence-electron chi connectivity index (χ0n) is 14.3. The Balaban J connectivity index is 2.12. The second-order valence-corrected chi connectivity index (χ2v) is 4.82. The number of hydrazone groups is 1. The first-order valence-corrected chi connectivity index (χ1v) is 7.24. The minimum atomic E-state index is -0.608. The van der Waals surface area contributed by atoms with Crippen molar-refractivity contribution >= 4 is 17.8 Å². The van der Waals surface area contributed by atoms with Crippen LogP contribution in [0.1, 0.15) is 16.1 Å². The van der Waals surface area contributed by atoms with Crippen LogP contribution in [0.3, 0.4) is 0 Å². The Kier molecular flexibility index (Phi) is 6.04. The number of nitrogens with one attached hydrogen (secondary N) is 1. The molecule has 1 N–H and O–H groups in total. The fourth-order valence-corrected chi connectivity index (χ4v) is 2.03. The predicted molar refractivity (Wildman–Crippen MR) is 92.0 cm³/mol. The molecular formula is C16H16N4O6. The van der Waals surface area contributed by atoms with Crippen molar-refractivity contribution in [3.8, 4) is 17.2 Å². The lowest BCUT2D eigenvalue weighted by Crippen LogP contribution is -2.18. The van der Waals surface area contributed by atoms with E-state index in [1.165, 1.54) is 39.7 Å². The van der Waals surface area contributed by atoms with Crippen LogP contribution in [0, 0.1) is 10.1 Å². The summed E-state index contributed by atoms with van der Waals surface area (Å²) in [6, 6.07) is 5.73. The van der Waals surface area contributed by atoms with E-state index in [4.69, 9.17) is 14.2 Å². The average Bonchev–Trinajstić information content (AvgIpc) is 2.66. The molecule has 0 fully saturated rings. The molecule has 0 aliphatic heterocycles. The number of benzene rings is 1. The first kappa shape index (κ1) is 18.6. The topological polar surface area (TPSA) is 125 Å². The molecule has 1 aromatic carbocycles. The minimum Gasteiger partial charge on any atom is -0.493 e. The van der Waals surface area contributed by atoms with Crippen molar-refractivity contribution in [1.82, 2.24) is 10.4 Å². The van der Waals surface area contributed by atoms with Gasteiger partial charge in [-0.1, -0.05) is 0 Å². The molecule has 0 atom stereocenters. The summed E-state index contributed by atoms with van der Waals surface area (Å²) < 4.78 is 15.7. The first-order chi connectivity index (χ1) is 12.5. The van der Waals surface area contributed by atoms with Gasteiger partial charge in [0.2, 0.25) is 5.75 Å². The van der Waals surface area contributed by atoms with E-state index in [2.05, 4.69) is 15.5 Å². The van der Waals surface area contributed by atoms with Crippen LogP contribution in [0.2, 0.25) is 0 Å². The van der Waals surface area contributed by atoms with Crippen molar-refractivity contribution in [3.63, 3.8) is 0 Å².